The van der Waals surface area contributed by atoms with Gasteiger partial charge in [0.25, 0.3) is 5.95 Å². The molecule has 3 aromatic rings. The van der Waals surface area contributed by atoms with Crippen LogP contribution in [0.5, 0.6) is 5.75 Å². The zero-order valence-electron chi connectivity index (χ0n) is 16.8. The van der Waals surface area contributed by atoms with E-state index in [9.17, 15) is 0 Å². The molecule has 1 aliphatic heterocycles. The molecule has 5 rings (SSSR count). The van der Waals surface area contributed by atoms with Crippen molar-refractivity contribution in [3.8, 4) is 5.75 Å². The van der Waals surface area contributed by atoms with Crippen LogP contribution in [0.4, 0.5) is 17.6 Å². The molecule has 1 saturated heterocycles. The van der Waals surface area contributed by atoms with E-state index >= 15 is 0 Å². The number of rotatable bonds is 6. The first-order valence-corrected chi connectivity index (χ1v) is 10.2. The molecule has 10 heteroatoms. The summed E-state index contributed by atoms with van der Waals surface area (Å²) < 4.78 is 11.2. The highest BCUT2D eigenvalue weighted by Gasteiger charge is 2.32. The fraction of sp³-hybridized carbons (Fsp3) is 0.450. The molecule has 10 nitrogen and oxygen atoms in total. The quantitative estimate of drug-likeness (QED) is 0.648. The number of hydrogen-bond acceptors (Lipinski definition) is 10. The van der Waals surface area contributed by atoms with Gasteiger partial charge in [-0.1, -0.05) is 0 Å². The van der Waals surface area contributed by atoms with Crippen LogP contribution in [0.1, 0.15) is 37.1 Å². The van der Waals surface area contributed by atoms with Gasteiger partial charge < -0.3 is 24.8 Å². The lowest BCUT2D eigenvalue weighted by atomic mass is 10.2. The minimum atomic E-state index is 0.213. The zero-order chi connectivity index (χ0) is 20.5. The van der Waals surface area contributed by atoms with Crippen molar-refractivity contribution in [2.45, 2.75) is 38.3 Å². The Morgan fingerprint density at radius 3 is 2.73 bits per heavy atom. The maximum absolute atomic E-state index is 5.89. The Kier molecular flexibility index (Phi) is 4.82. The van der Waals surface area contributed by atoms with E-state index in [1.165, 1.54) is 0 Å². The molecule has 30 heavy (non-hydrogen) atoms. The number of nitrogen functional groups attached to an aromatic ring is 1. The first-order valence-electron chi connectivity index (χ1n) is 10.2. The molecule has 0 amide bonds. The van der Waals surface area contributed by atoms with E-state index in [4.69, 9.17) is 15.0 Å². The van der Waals surface area contributed by atoms with Gasteiger partial charge in [0.15, 0.2) is 5.75 Å². The van der Waals surface area contributed by atoms with Crippen molar-refractivity contribution in [2.24, 2.45) is 0 Å². The first kappa shape index (κ1) is 18.6. The lowest BCUT2D eigenvalue weighted by Gasteiger charge is -2.39. The van der Waals surface area contributed by atoms with Crippen molar-refractivity contribution in [1.82, 2.24) is 25.1 Å². The highest BCUT2D eigenvalue weighted by molar-refractivity contribution is 5.43. The fourth-order valence-electron chi connectivity index (χ4n) is 3.55. The lowest BCUT2D eigenvalue weighted by Crippen LogP contribution is -2.53. The van der Waals surface area contributed by atoms with E-state index in [-0.39, 0.29) is 6.04 Å². The number of aromatic nitrogens is 5. The average molecular weight is 408 g/mol. The van der Waals surface area contributed by atoms with Gasteiger partial charge in [-0.05, 0) is 31.0 Å². The predicted octanol–water partition coefficient (Wildman–Crippen LogP) is 2.01. The summed E-state index contributed by atoms with van der Waals surface area (Å²) in [5.74, 6) is 3.20. The standard InChI is InChI=1S/C20H24N8O2/c1-13-11-27(20-25-18(30-26-20)14-2-3-14)6-7-28(13)19-23-8-16(9-24-19)29-12-15-4-5-22-10-17(15)21/h4-5,8-10,13-14H,2-3,6-7,11-12,21H2,1H3/t13-/m1/s1. The molecule has 2 aliphatic rings. The van der Waals surface area contributed by atoms with E-state index in [1.807, 2.05) is 6.07 Å². The summed E-state index contributed by atoms with van der Waals surface area (Å²) >= 11 is 0. The van der Waals surface area contributed by atoms with Crippen molar-refractivity contribution in [2.75, 3.05) is 35.2 Å². The summed E-state index contributed by atoms with van der Waals surface area (Å²) in [7, 11) is 0. The molecule has 0 bridgehead atoms. The molecule has 0 unspecified atom stereocenters. The van der Waals surface area contributed by atoms with Gasteiger partial charge in [0.2, 0.25) is 11.8 Å². The Morgan fingerprint density at radius 2 is 2.00 bits per heavy atom. The third-order valence-electron chi connectivity index (χ3n) is 5.48. The lowest BCUT2D eigenvalue weighted by molar-refractivity contribution is 0.304. The van der Waals surface area contributed by atoms with Gasteiger partial charge in [-0.15, -0.1) is 0 Å². The highest BCUT2D eigenvalue weighted by atomic mass is 16.5. The van der Waals surface area contributed by atoms with E-state index in [1.54, 1.807) is 24.8 Å². The smallest absolute Gasteiger partial charge is 0.266 e. The molecule has 156 valence electrons. The zero-order valence-corrected chi connectivity index (χ0v) is 16.8. The molecule has 2 fully saturated rings. The average Bonchev–Trinajstić information content (AvgIpc) is 3.50. The number of piperazine rings is 1. The Labute approximate surface area is 174 Å². The number of nitrogens with two attached hydrogens (primary N) is 1. The van der Waals surface area contributed by atoms with Crippen LogP contribution < -0.4 is 20.3 Å². The van der Waals surface area contributed by atoms with Gasteiger partial charge in [-0.3, -0.25) is 4.98 Å². The molecular weight excluding hydrogens is 384 g/mol. The van der Waals surface area contributed by atoms with Gasteiger partial charge in [0.05, 0.1) is 24.3 Å². The van der Waals surface area contributed by atoms with Crippen molar-refractivity contribution in [3.63, 3.8) is 0 Å². The van der Waals surface area contributed by atoms with Gasteiger partial charge in [-0.25, -0.2) is 9.97 Å². The minimum absolute atomic E-state index is 0.213. The fourth-order valence-corrected chi connectivity index (χ4v) is 3.55. The molecule has 0 radical (unpaired) electrons. The van der Waals surface area contributed by atoms with Gasteiger partial charge in [-0.2, -0.15) is 4.98 Å². The third kappa shape index (κ3) is 3.85. The number of anilines is 3. The first-order chi connectivity index (χ1) is 14.7. The Balaban J connectivity index is 1.19. The van der Waals surface area contributed by atoms with Crippen LogP contribution in [-0.2, 0) is 6.61 Å². The second kappa shape index (κ2) is 7.77. The number of ether oxygens (including phenoxy) is 1. The van der Waals surface area contributed by atoms with Gasteiger partial charge in [0, 0.05) is 43.4 Å². The van der Waals surface area contributed by atoms with Crippen LogP contribution in [0.15, 0.2) is 35.4 Å². The van der Waals surface area contributed by atoms with Gasteiger partial charge >= 0.3 is 0 Å². The molecule has 2 N–H and O–H groups in total. The van der Waals surface area contributed by atoms with Crippen molar-refractivity contribution < 1.29 is 9.26 Å². The molecule has 4 heterocycles. The summed E-state index contributed by atoms with van der Waals surface area (Å²) in [6.45, 7) is 4.85. The largest absolute Gasteiger partial charge is 0.486 e. The predicted molar refractivity (Wildman–Crippen MR) is 110 cm³/mol. The van der Waals surface area contributed by atoms with Crippen molar-refractivity contribution in [1.29, 1.82) is 0 Å². The van der Waals surface area contributed by atoms with Crippen LogP contribution in [-0.4, -0.2) is 50.8 Å². The summed E-state index contributed by atoms with van der Waals surface area (Å²) in [6.07, 6.45) is 9.00. The second-order valence-electron chi connectivity index (χ2n) is 7.78. The van der Waals surface area contributed by atoms with E-state index in [2.05, 4.69) is 41.8 Å². The Morgan fingerprint density at radius 1 is 1.17 bits per heavy atom. The van der Waals surface area contributed by atoms with Crippen LogP contribution in [0, 0.1) is 0 Å². The van der Waals surface area contributed by atoms with Crippen LogP contribution in [0.2, 0.25) is 0 Å². The molecule has 1 atom stereocenters. The van der Waals surface area contributed by atoms with Crippen molar-refractivity contribution in [3.05, 3.63) is 42.3 Å². The maximum atomic E-state index is 5.89. The topological polar surface area (TPSA) is 119 Å². The minimum Gasteiger partial charge on any atom is -0.486 e. The van der Waals surface area contributed by atoms with E-state index in [0.717, 1.165) is 43.9 Å². The summed E-state index contributed by atoms with van der Waals surface area (Å²) in [5, 5.41) is 4.16. The molecule has 1 aliphatic carbocycles. The monoisotopic (exact) mass is 408 g/mol. The molecule has 0 spiro atoms. The van der Waals surface area contributed by atoms with Gasteiger partial charge in [0.1, 0.15) is 6.61 Å². The summed E-state index contributed by atoms with van der Waals surface area (Å²) in [6, 6.07) is 2.05. The van der Waals surface area contributed by atoms with Crippen LogP contribution in [0.25, 0.3) is 0 Å². The highest BCUT2D eigenvalue weighted by Crippen LogP contribution is 2.39. The SMILES string of the molecule is C[C@@H]1CN(c2noc(C3CC3)n2)CCN1c1ncc(OCc2ccncc2N)cn1. The Bertz CT molecular complexity index is 1000. The van der Waals surface area contributed by atoms with Crippen LogP contribution in [0.3, 0.4) is 0 Å². The molecule has 3 aromatic heterocycles. The molecular formula is C20H24N8O2. The number of hydrogen-bond donors (Lipinski definition) is 1. The summed E-state index contributed by atoms with van der Waals surface area (Å²) in [5.41, 5.74) is 7.38. The normalized spacial score (nSPS) is 19.2. The van der Waals surface area contributed by atoms with Crippen LogP contribution >= 0.6 is 0 Å². The molecule has 0 aromatic carbocycles. The van der Waals surface area contributed by atoms with E-state index < -0.39 is 0 Å². The van der Waals surface area contributed by atoms with Crippen molar-refractivity contribution >= 4 is 17.6 Å². The number of pyridine rings is 1. The summed E-state index contributed by atoms with van der Waals surface area (Å²) in [4.78, 5) is 21.9. The number of nitrogens with zero attached hydrogens (tertiary/aromatic N) is 7. The second-order valence-corrected chi connectivity index (χ2v) is 7.78. The Hall–Kier alpha value is -3.43. The van der Waals surface area contributed by atoms with E-state index in [0.29, 0.717) is 35.9 Å². The maximum Gasteiger partial charge on any atom is 0.266 e. The molecule has 1 saturated carbocycles. The third-order valence-corrected chi connectivity index (χ3v) is 5.48.